The van der Waals surface area contributed by atoms with Gasteiger partial charge in [-0.25, -0.2) is 4.79 Å². The van der Waals surface area contributed by atoms with Gasteiger partial charge < -0.3 is 15.0 Å². The van der Waals surface area contributed by atoms with E-state index in [0.29, 0.717) is 18.9 Å². The molecule has 2 saturated heterocycles. The average molecular weight is 367 g/mol. The summed E-state index contributed by atoms with van der Waals surface area (Å²) < 4.78 is 5.46. The molecule has 0 radical (unpaired) electrons. The van der Waals surface area contributed by atoms with Gasteiger partial charge in [-0.1, -0.05) is 13.8 Å². The number of carbonyl (C=O) groups is 3. The molecular formula is C19H33N3O4. The van der Waals surface area contributed by atoms with Crippen molar-refractivity contribution in [3.05, 3.63) is 0 Å². The van der Waals surface area contributed by atoms with Crippen LogP contribution in [0.15, 0.2) is 0 Å². The summed E-state index contributed by atoms with van der Waals surface area (Å²) >= 11 is 0. The van der Waals surface area contributed by atoms with E-state index >= 15 is 0 Å². The Morgan fingerprint density at radius 2 is 1.96 bits per heavy atom. The summed E-state index contributed by atoms with van der Waals surface area (Å²) in [6.07, 6.45) is 2.27. The predicted molar refractivity (Wildman–Crippen MR) is 98.4 cm³/mol. The van der Waals surface area contributed by atoms with Crippen LogP contribution < -0.4 is 10.6 Å². The molecule has 2 rings (SSSR count). The zero-order valence-corrected chi connectivity index (χ0v) is 16.8. The van der Waals surface area contributed by atoms with Gasteiger partial charge in [0.15, 0.2) is 0 Å². The molecule has 2 amide bonds. The highest BCUT2D eigenvalue weighted by atomic mass is 16.6. The largest absolute Gasteiger partial charge is 0.458 e. The molecule has 2 aliphatic rings. The number of likely N-dealkylation sites (tertiary alicyclic amines) is 1. The van der Waals surface area contributed by atoms with E-state index in [-0.39, 0.29) is 29.9 Å². The van der Waals surface area contributed by atoms with Gasteiger partial charge in [-0.2, -0.15) is 0 Å². The van der Waals surface area contributed by atoms with Crippen molar-refractivity contribution in [2.24, 2.45) is 5.92 Å². The number of rotatable bonds is 6. The fourth-order valence-electron chi connectivity index (χ4n) is 3.57. The van der Waals surface area contributed by atoms with Crippen molar-refractivity contribution in [1.82, 2.24) is 15.5 Å². The van der Waals surface area contributed by atoms with Crippen LogP contribution in [0.5, 0.6) is 0 Å². The first kappa shape index (κ1) is 20.7. The van der Waals surface area contributed by atoms with Crippen molar-refractivity contribution in [2.45, 2.75) is 90.6 Å². The molecule has 0 bridgehead atoms. The molecule has 2 fully saturated rings. The highest BCUT2D eigenvalue weighted by molar-refractivity contribution is 5.91. The first-order valence-electron chi connectivity index (χ1n) is 9.59. The van der Waals surface area contributed by atoms with Crippen molar-refractivity contribution in [3.63, 3.8) is 0 Å². The standard InChI is InChI=1S/C19H33N3O4/c1-11(2)10-13-15(16(23)21-13)20-12(3)17(24)22-9-7-8-14(22)18(25)26-19(4,5)6/h11-15,20H,7-10H2,1-6H3,(H,21,23)/t12?,13-,14-,15-/m0/s1. The van der Waals surface area contributed by atoms with Crippen molar-refractivity contribution >= 4 is 17.8 Å². The monoisotopic (exact) mass is 367 g/mol. The number of nitrogens with one attached hydrogen (secondary N) is 2. The lowest BCUT2D eigenvalue weighted by Gasteiger charge is -2.40. The first-order valence-corrected chi connectivity index (χ1v) is 9.59. The number of β-lactam (4-membered cyclic amide) rings is 1. The molecule has 0 aromatic heterocycles. The Bertz CT molecular complexity index is 555. The lowest BCUT2D eigenvalue weighted by molar-refractivity contribution is -0.163. The minimum absolute atomic E-state index is 0.0537. The number of ether oxygens (including phenoxy) is 1. The number of amides is 2. The van der Waals surface area contributed by atoms with Gasteiger partial charge in [0.05, 0.1) is 12.1 Å². The van der Waals surface area contributed by atoms with Crippen LogP contribution in [0.3, 0.4) is 0 Å². The number of carbonyl (C=O) groups excluding carboxylic acids is 3. The molecule has 0 aromatic carbocycles. The van der Waals surface area contributed by atoms with Gasteiger partial charge >= 0.3 is 5.97 Å². The van der Waals surface area contributed by atoms with Gasteiger partial charge in [-0.05, 0) is 52.9 Å². The third-order valence-corrected chi connectivity index (χ3v) is 4.75. The fraction of sp³-hybridized carbons (Fsp3) is 0.842. The Hall–Kier alpha value is -1.63. The van der Waals surface area contributed by atoms with Crippen LogP contribution in [0.25, 0.3) is 0 Å². The minimum atomic E-state index is -0.577. The smallest absolute Gasteiger partial charge is 0.329 e. The van der Waals surface area contributed by atoms with E-state index in [4.69, 9.17) is 4.74 Å². The second-order valence-corrected chi connectivity index (χ2v) is 8.83. The molecule has 7 heteroatoms. The van der Waals surface area contributed by atoms with Crippen molar-refractivity contribution in [2.75, 3.05) is 6.54 Å². The summed E-state index contributed by atoms with van der Waals surface area (Å²) in [7, 11) is 0. The highest BCUT2D eigenvalue weighted by Gasteiger charge is 2.43. The summed E-state index contributed by atoms with van der Waals surface area (Å²) in [6, 6.07) is -1.35. The van der Waals surface area contributed by atoms with E-state index in [1.54, 1.807) is 11.8 Å². The van der Waals surface area contributed by atoms with Crippen LogP contribution in [0.1, 0.15) is 60.8 Å². The molecule has 2 aliphatic heterocycles. The Morgan fingerprint density at radius 1 is 1.31 bits per heavy atom. The molecular weight excluding hydrogens is 334 g/mol. The molecule has 0 saturated carbocycles. The summed E-state index contributed by atoms with van der Waals surface area (Å²) in [5.74, 6) is -0.109. The van der Waals surface area contributed by atoms with E-state index in [1.807, 2.05) is 20.8 Å². The van der Waals surface area contributed by atoms with Crippen LogP contribution in [-0.4, -0.2) is 59.0 Å². The van der Waals surface area contributed by atoms with Crippen LogP contribution in [0.4, 0.5) is 0 Å². The van der Waals surface area contributed by atoms with Gasteiger partial charge in [0.25, 0.3) is 0 Å². The normalized spacial score (nSPS) is 27.1. The summed E-state index contributed by atoms with van der Waals surface area (Å²) in [6.45, 7) is 12.0. The van der Waals surface area contributed by atoms with E-state index in [2.05, 4.69) is 24.5 Å². The molecule has 0 spiro atoms. The Kier molecular flexibility index (Phi) is 6.32. The Labute approximate surface area is 156 Å². The molecule has 4 atom stereocenters. The van der Waals surface area contributed by atoms with Gasteiger partial charge in [0.2, 0.25) is 11.8 Å². The maximum Gasteiger partial charge on any atom is 0.329 e. The van der Waals surface area contributed by atoms with E-state index < -0.39 is 17.7 Å². The molecule has 26 heavy (non-hydrogen) atoms. The summed E-state index contributed by atoms with van der Waals surface area (Å²) in [5, 5.41) is 6.04. The first-order chi connectivity index (χ1) is 12.0. The van der Waals surface area contributed by atoms with Gasteiger partial charge in [-0.3, -0.25) is 14.9 Å². The van der Waals surface area contributed by atoms with Crippen molar-refractivity contribution in [3.8, 4) is 0 Å². The minimum Gasteiger partial charge on any atom is -0.458 e. The predicted octanol–water partition coefficient (Wildman–Crippen LogP) is 1.21. The number of esters is 1. The molecule has 1 unspecified atom stereocenters. The van der Waals surface area contributed by atoms with Gasteiger partial charge in [0.1, 0.15) is 17.7 Å². The number of hydrogen-bond donors (Lipinski definition) is 2. The Balaban J connectivity index is 1.96. The van der Waals surface area contributed by atoms with E-state index in [9.17, 15) is 14.4 Å². The average Bonchev–Trinajstić information content (AvgIpc) is 2.98. The van der Waals surface area contributed by atoms with Crippen LogP contribution in [0, 0.1) is 5.92 Å². The van der Waals surface area contributed by atoms with Crippen LogP contribution in [0.2, 0.25) is 0 Å². The molecule has 7 nitrogen and oxygen atoms in total. The molecule has 2 N–H and O–H groups in total. The van der Waals surface area contributed by atoms with E-state index in [0.717, 1.165) is 12.8 Å². The van der Waals surface area contributed by atoms with Crippen LogP contribution in [-0.2, 0) is 19.1 Å². The lowest BCUT2D eigenvalue weighted by Crippen LogP contribution is -2.70. The zero-order valence-electron chi connectivity index (χ0n) is 16.8. The third-order valence-electron chi connectivity index (χ3n) is 4.75. The summed E-state index contributed by atoms with van der Waals surface area (Å²) in [4.78, 5) is 38.7. The van der Waals surface area contributed by atoms with Gasteiger partial charge in [-0.15, -0.1) is 0 Å². The number of nitrogens with zero attached hydrogens (tertiary/aromatic N) is 1. The second kappa shape index (κ2) is 7.94. The summed E-state index contributed by atoms with van der Waals surface area (Å²) in [5.41, 5.74) is -0.577. The van der Waals surface area contributed by atoms with Crippen molar-refractivity contribution in [1.29, 1.82) is 0 Å². The molecule has 0 aliphatic carbocycles. The quantitative estimate of drug-likeness (QED) is 0.544. The van der Waals surface area contributed by atoms with Gasteiger partial charge in [0, 0.05) is 6.54 Å². The third kappa shape index (κ3) is 4.96. The molecule has 0 aromatic rings. The molecule has 2 heterocycles. The number of hydrogen-bond acceptors (Lipinski definition) is 5. The SMILES string of the molecule is CC(C)C[C@@H]1NC(=O)[C@H]1NC(C)C(=O)N1CCC[C@H]1C(=O)OC(C)(C)C. The zero-order chi connectivity index (χ0) is 19.6. The van der Waals surface area contributed by atoms with E-state index in [1.165, 1.54) is 0 Å². The second-order valence-electron chi connectivity index (χ2n) is 8.83. The topological polar surface area (TPSA) is 87.7 Å². The van der Waals surface area contributed by atoms with Crippen molar-refractivity contribution < 1.29 is 19.1 Å². The maximum atomic E-state index is 12.9. The molecule has 148 valence electrons. The fourth-order valence-corrected chi connectivity index (χ4v) is 3.57. The Morgan fingerprint density at radius 3 is 2.50 bits per heavy atom. The lowest BCUT2D eigenvalue weighted by atomic mass is 9.90. The van der Waals surface area contributed by atoms with Crippen LogP contribution >= 0.6 is 0 Å². The maximum absolute atomic E-state index is 12.9. The highest BCUT2D eigenvalue weighted by Crippen LogP contribution is 2.23.